The van der Waals surface area contributed by atoms with E-state index in [1.807, 2.05) is 31.2 Å². The van der Waals surface area contributed by atoms with Crippen LogP contribution in [0.4, 0.5) is 16.4 Å². The van der Waals surface area contributed by atoms with Gasteiger partial charge in [0.15, 0.2) is 0 Å². The van der Waals surface area contributed by atoms with Gasteiger partial charge in [0.2, 0.25) is 5.95 Å². The Kier molecular flexibility index (Phi) is 5.06. The molecular formula is C19H24N6O2. The van der Waals surface area contributed by atoms with E-state index in [9.17, 15) is 4.79 Å². The highest BCUT2D eigenvalue weighted by atomic mass is 16.5. The average molecular weight is 368 g/mol. The fraction of sp³-hybridized carbons (Fsp3) is 0.421. The minimum atomic E-state index is -0.180. The maximum Gasteiger partial charge on any atom is 0.322 e. The van der Waals surface area contributed by atoms with E-state index in [1.54, 1.807) is 17.3 Å². The monoisotopic (exact) mass is 368 g/mol. The molecule has 0 bridgehead atoms. The van der Waals surface area contributed by atoms with Crippen LogP contribution in [0.3, 0.4) is 0 Å². The lowest BCUT2D eigenvalue weighted by atomic mass is 10.2. The molecule has 1 atom stereocenters. The summed E-state index contributed by atoms with van der Waals surface area (Å²) < 4.78 is 5.91. The van der Waals surface area contributed by atoms with Gasteiger partial charge in [-0.3, -0.25) is 0 Å². The highest BCUT2D eigenvalue weighted by Gasteiger charge is 2.24. The van der Waals surface area contributed by atoms with Gasteiger partial charge in [-0.05, 0) is 13.0 Å². The van der Waals surface area contributed by atoms with Gasteiger partial charge in [0.25, 0.3) is 0 Å². The predicted octanol–water partition coefficient (Wildman–Crippen LogP) is 1.70. The topological polar surface area (TPSA) is 82.6 Å². The number of rotatable bonds is 2. The summed E-state index contributed by atoms with van der Waals surface area (Å²) in [4.78, 5) is 25.4. The largest absolute Gasteiger partial charge is 0.489 e. The van der Waals surface area contributed by atoms with Crippen LogP contribution in [0.2, 0.25) is 0 Å². The second-order valence-corrected chi connectivity index (χ2v) is 6.86. The van der Waals surface area contributed by atoms with Gasteiger partial charge in [-0.2, -0.15) is 0 Å². The Hall–Kier alpha value is -2.87. The number of ether oxygens (including phenoxy) is 1. The molecule has 8 heteroatoms. The standard InChI is InChI=1S/C19H24N6O2/c1-14-12-25(13-15-4-2-3-5-17(15)27-14)19(26)23-16-10-21-18(22-11-16)24-8-6-20-7-9-24/h2-5,10-11,14,20H,6-9,12-13H2,1H3,(H,23,26). The number of carbonyl (C=O) groups is 1. The number of piperazine rings is 1. The number of amides is 2. The van der Waals surface area contributed by atoms with E-state index in [-0.39, 0.29) is 12.1 Å². The zero-order chi connectivity index (χ0) is 18.6. The number of hydrogen-bond acceptors (Lipinski definition) is 6. The van der Waals surface area contributed by atoms with Crippen LogP contribution >= 0.6 is 0 Å². The lowest BCUT2D eigenvalue weighted by molar-refractivity contribution is 0.167. The molecule has 8 nitrogen and oxygen atoms in total. The van der Waals surface area contributed by atoms with Gasteiger partial charge in [0.05, 0.1) is 31.2 Å². The van der Waals surface area contributed by atoms with Gasteiger partial charge in [0.1, 0.15) is 11.9 Å². The summed E-state index contributed by atoms with van der Waals surface area (Å²) in [5.41, 5.74) is 1.59. The normalized spacial score (nSPS) is 19.7. The summed E-state index contributed by atoms with van der Waals surface area (Å²) in [5, 5.41) is 6.20. The van der Waals surface area contributed by atoms with Gasteiger partial charge < -0.3 is 25.2 Å². The number of anilines is 2. The molecule has 4 rings (SSSR count). The minimum Gasteiger partial charge on any atom is -0.489 e. The third-order valence-electron chi connectivity index (χ3n) is 4.72. The van der Waals surface area contributed by atoms with Crippen molar-refractivity contribution in [1.29, 1.82) is 0 Å². The van der Waals surface area contributed by atoms with Crippen molar-refractivity contribution in [1.82, 2.24) is 20.2 Å². The second-order valence-electron chi connectivity index (χ2n) is 6.86. The Morgan fingerprint density at radius 2 is 1.96 bits per heavy atom. The van der Waals surface area contributed by atoms with E-state index in [4.69, 9.17) is 4.74 Å². The summed E-state index contributed by atoms with van der Waals surface area (Å²) in [7, 11) is 0. The van der Waals surface area contributed by atoms with E-state index in [2.05, 4.69) is 25.5 Å². The Bertz CT molecular complexity index is 791. The molecule has 2 N–H and O–H groups in total. The SMILES string of the molecule is CC1CN(C(=O)Nc2cnc(N3CCNCC3)nc2)Cc2ccccc2O1. The molecule has 142 valence electrons. The van der Waals surface area contributed by atoms with Gasteiger partial charge in [0, 0.05) is 31.7 Å². The summed E-state index contributed by atoms with van der Waals surface area (Å²) in [6, 6.07) is 7.64. The molecule has 0 spiro atoms. The van der Waals surface area contributed by atoms with Gasteiger partial charge >= 0.3 is 6.03 Å². The summed E-state index contributed by atoms with van der Waals surface area (Å²) in [6.45, 7) is 6.62. The number of para-hydroxylation sites is 1. The van der Waals surface area contributed by atoms with Crippen molar-refractivity contribution in [3.63, 3.8) is 0 Å². The average Bonchev–Trinajstić information content (AvgIpc) is 2.87. The Balaban J connectivity index is 1.42. The third kappa shape index (κ3) is 4.11. The van der Waals surface area contributed by atoms with E-state index in [0.29, 0.717) is 24.7 Å². The molecule has 1 saturated heterocycles. The van der Waals surface area contributed by atoms with Crippen LogP contribution in [0.5, 0.6) is 5.75 Å². The smallest absolute Gasteiger partial charge is 0.322 e. The summed E-state index contributed by atoms with van der Waals surface area (Å²) in [6.07, 6.45) is 3.24. The third-order valence-corrected chi connectivity index (χ3v) is 4.72. The quantitative estimate of drug-likeness (QED) is 0.840. The van der Waals surface area contributed by atoms with Crippen molar-refractivity contribution in [2.45, 2.75) is 19.6 Å². The highest BCUT2D eigenvalue weighted by Crippen LogP contribution is 2.25. The first-order valence-corrected chi connectivity index (χ1v) is 9.27. The molecule has 27 heavy (non-hydrogen) atoms. The number of fused-ring (bicyclic) bond motifs is 1. The molecule has 2 aliphatic rings. The lowest BCUT2D eigenvalue weighted by Crippen LogP contribution is -2.44. The van der Waals surface area contributed by atoms with Gasteiger partial charge in [-0.1, -0.05) is 18.2 Å². The first-order chi connectivity index (χ1) is 13.2. The van der Waals surface area contributed by atoms with Crippen LogP contribution in [0.15, 0.2) is 36.7 Å². The number of carbonyl (C=O) groups excluding carboxylic acids is 1. The fourth-order valence-electron chi connectivity index (χ4n) is 3.36. The molecular weight excluding hydrogens is 344 g/mol. The zero-order valence-corrected chi connectivity index (χ0v) is 15.4. The molecule has 2 aromatic rings. The van der Waals surface area contributed by atoms with E-state index < -0.39 is 0 Å². The fourth-order valence-corrected chi connectivity index (χ4v) is 3.36. The molecule has 0 aliphatic carbocycles. The number of aromatic nitrogens is 2. The Morgan fingerprint density at radius 3 is 2.74 bits per heavy atom. The maximum absolute atomic E-state index is 12.7. The molecule has 1 unspecified atom stereocenters. The Morgan fingerprint density at radius 1 is 1.22 bits per heavy atom. The van der Waals surface area contributed by atoms with Crippen LogP contribution in [-0.2, 0) is 6.54 Å². The van der Waals surface area contributed by atoms with Crippen LogP contribution in [0.1, 0.15) is 12.5 Å². The molecule has 1 aromatic heterocycles. The highest BCUT2D eigenvalue weighted by molar-refractivity contribution is 5.89. The number of benzene rings is 1. The summed E-state index contributed by atoms with van der Waals surface area (Å²) in [5.74, 6) is 1.53. The van der Waals surface area contributed by atoms with Crippen LogP contribution in [-0.4, -0.2) is 59.7 Å². The van der Waals surface area contributed by atoms with Crippen molar-refractivity contribution in [3.05, 3.63) is 42.2 Å². The van der Waals surface area contributed by atoms with Crippen molar-refractivity contribution < 1.29 is 9.53 Å². The number of nitrogens with zero attached hydrogens (tertiary/aromatic N) is 4. The first kappa shape index (κ1) is 17.5. The Labute approximate surface area is 158 Å². The van der Waals surface area contributed by atoms with E-state index in [0.717, 1.165) is 37.5 Å². The number of nitrogens with one attached hydrogen (secondary N) is 2. The van der Waals surface area contributed by atoms with Crippen LogP contribution in [0, 0.1) is 0 Å². The zero-order valence-electron chi connectivity index (χ0n) is 15.4. The van der Waals surface area contributed by atoms with E-state index >= 15 is 0 Å². The molecule has 0 saturated carbocycles. The summed E-state index contributed by atoms with van der Waals surface area (Å²) >= 11 is 0. The van der Waals surface area contributed by atoms with Crippen molar-refractivity contribution in [2.75, 3.05) is 42.9 Å². The lowest BCUT2D eigenvalue weighted by Gasteiger charge is -2.27. The van der Waals surface area contributed by atoms with Crippen molar-refractivity contribution >= 4 is 17.7 Å². The molecule has 3 heterocycles. The second kappa shape index (κ2) is 7.79. The molecule has 2 aliphatic heterocycles. The number of hydrogen-bond donors (Lipinski definition) is 2. The van der Waals surface area contributed by atoms with Gasteiger partial charge in [-0.25, -0.2) is 14.8 Å². The first-order valence-electron chi connectivity index (χ1n) is 9.27. The molecule has 0 radical (unpaired) electrons. The number of urea groups is 1. The van der Waals surface area contributed by atoms with Crippen LogP contribution in [0.25, 0.3) is 0 Å². The minimum absolute atomic E-state index is 0.0780. The molecule has 1 aromatic carbocycles. The van der Waals surface area contributed by atoms with Crippen molar-refractivity contribution in [2.24, 2.45) is 0 Å². The molecule has 1 fully saturated rings. The van der Waals surface area contributed by atoms with E-state index in [1.165, 1.54) is 0 Å². The van der Waals surface area contributed by atoms with Crippen molar-refractivity contribution in [3.8, 4) is 5.75 Å². The van der Waals surface area contributed by atoms with Crippen LogP contribution < -0.4 is 20.3 Å². The van der Waals surface area contributed by atoms with Gasteiger partial charge in [-0.15, -0.1) is 0 Å². The predicted molar refractivity (Wildman–Crippen MR) is 103 cm³/mol. The molecule has 2 amide bonds. The maximum atomic E-state index is 12.7.